The molecule has 0 amide bonds. The van der Waals surface area contributed by atoms with Gasteiger partial charge in [0.1, 0.15) is 0 Å². The van der Waals surface area contributed by atoms with Crippen molar-refractivity contribution in [1.29, 1.82) is 0 Å². The fraction of sp³-hybridized carbons (Fsp3) is 0.600. The van der Waals surface area contributed by atoms with Gasteiger partial charge in [-0.1, -0.05) is 19.1 Å². The van der Waals surface area contributed by atoms with Crippen molar-refractivity contribution in [3.63, 3.8) is 0 Å². The third kappa shape index (κ3) is 3.33. The van der Waals surface area contributed by atoms with Crippen LogP contribution in [-0.2, 0) is 9.84 Å². The molecule has 0 bridgehead atoms. The third-order valence-electron chi connectivity index (χ3n) is 3.84. The first-order chi connectivity index (χ1) is 9.58. The molecule has 112 valence electrons. The van der Waals surface area contributed by atoms with Gasteiger partial charge < -0.3 is 10.0 Å². The quantitative estimate of drug-likeness (QED) is 0.873. The van der Waals surface area contributed by atoms with Crippen molar-refractivity contribution in [2.45, 2.75) is 31.1 Å². The summed E-state index contributed by atoms with van der Waals surface area (Å²) >= 11 is 0. The number of aliphatic hydroxyl groups excluding tert-OH is 1. The standard InChI is InChI=1S/C15H23NO3S/c1-2-11-20(18,19)15-6-4-3-5-14(15)16-9-7-13(12-16)8-10-17/h3-6,13,17H,2,7-12H2,1H3. The van der Waals surface area contributed by atoms with Gasteiger partial charge in [0.15, 0.2) is 9.84 Å². The van der Waals surface area contributed by atoms with Gasteiger partial charge in [0.2, 0.25) is 0 Å². The summed E-state index contributed by atoms with van der Waals surface area (Å²) in [7, 11) is -3.20. The average Bonchev–Trinajstić information content (AvgIpc) is 2.88. The smallest absolute Gasteiger partial charge is 0.180 e. The van der Waals surface area contributed by atoms with Gasteiger partial charge in [0.05, 0.1) is 16.3 Å². The van der Waals surface area contributed by atoms with Crippen molar-refractivity contribution < 1.29 is 13.5 Å². The minimum absolute atomic E-state index is 0.192. The van der Waals surface area contributed by atoms with Crippen molar-refractivity contribution in [1.82, 2.24) is 0 Å². The van der Waals surface area contributed by atoms with Gasteiger partial charge in [0.25, 0.3) is 0 Å². The predicted octanol–water partition coefficient (Wildman–Crippen LogP) is 2.08. The molecule has 1 saturated heterocycles. The van der Waals surface area contributed by atoms with Gasteiger partial charge in [-0.3, -0.25) is 0 Å². The molecule has 5 heteroatoms. The molecular weight excluding hydrogens is 274 g/mol. The molecule has 0 aliphatic carbocycles. The maximum Gasteiger partial charge on any atom is 0.180 e. The number of nitrogens with zero attached hydrogens (tertiary/aromatic N) is 1. The molecule has 1 atom stereocenters. The molecule has 1 aromatic carbocycles. The highest BCUT2D eigenvalue weighted by Gasteiger charge is 2.26. The summed E-state index contributed by atoms with van der Waals surface area (Å²) in [6.07, 6.45) is 2.44. The Labute approximate surface area is 121 Å². The lowest BCUT2D eigenvalue weighted by Gasteiger charge is -2.22. The Morgan fingerprint density at radius 1 is 1.35 bits per heavy atom. The number of hydrogen-bond acceptors (Lipinski definition) is 4. The molecular formula is C15H23NO3S. The molecule has 1 aliphatic rings. The zero-order chi connectivity index (χ0) is 14.6. The van der Waals surface area contributed by atoms with Gasteiger partial charge in [-0.15, -0.1) is 0 Å². The Balaban J connectivity index is 2.25. The summed E-state index contributed by atoms with van der Waals surface area (Å²) in [4.78, 5) is 2.59. The first-order valence-electron chi connectivity index (χ1n) is 7.26. The summed E-state index contributed by atoms with van der Waals surface area (Å²) in [5, 5.41) is 9.02. The molecule has 1 heterocycles. The highest BCUT2D eigenvalue weighted by atomic mass is 32.2. The number of rotatable bonds is 6. The monoisotopic (exact) mass is 297 g/mol. The first kappa shape index (κ1) is 15.3. The molecule has 1 aromatic rings. The van der Waals surface area contributed by atoms with Crippen molar-refractivity contribution in [3.8, 4) is 0 Å². The van der Waals surface area contributed by atoms with Crippen molar-refractivity contribution in [2.24, 2.45) is 5.92 Å². The molecule has 1 aliphatic heterocycles. The number of hydrogen-bond donors (Lipinski definition) is 1. The maximum absolute atomic E-state index is 12.4. The van der Waals surface area contributed by atoms with E-state index in [1.165, 1.54) is 0 Å². The zero-order valence-corrected chi connectivity index (χ0v) is 12.8. The summed E-state index contributed by atoms with van der Waals surface area (Å²) in [5.41, 5.74) is 0.821. The Kier molecular flexibility index (Phi) is 5.05. The number of benzene rings is 1. The molecule has 0 spiro atoms. The normalized spacial score (nSPS) is 19.5. The summed E-state index contributed by atoms with van der Waals surface area (Å²) in [6.45, 7) is 3.78. The van der Waals surface area contributed by atoms with E-state index >= 15 is 0 Å². The van der Waals surface area contributed by atoms with Gasteiger partial charge >= 0.3 is 0 Å². The van der Waals surface area contributed by atoms with Crippen LogP contribution in [0.25, 0.3) is 0 Å². The number of anilines is 1. The Morgan fingerprint density at radius 2 is 2.10 bits per heavy atom. The fourth-order valence-corrected chi connectivity index (χ4v) is 4.39. The molecule has 20 heavy (non-hydrogen) atoms. The zero-order valence-electron chi connectivity index (χ0n) is 12.0. The minimum atomic E-state index is -3.20. The van der Waals surface area contributed by atoms with Gasteiger partial charge in [-0.2, -0.15) is 0 Å². The van der Waals surface area contributed by atoms with E-state index in [4.69, 9.17) is 5.11 Å². The topological polar surface area (TPSA) is 57.6 Å². The minimum Gasteiger partial charge on any atom is -0.396 e. The van der Waals surface area contributed by atoms with Crippen LogP contribution in [-0.4, -0.2) is 39.0 Å². The summed E-state index contributed by atoms with van der Waals surface area (Å²) in [5.74, 6) is 0.653. The molecule has 1 fully saturated rings. The first-order valence-corrected chi connectivity index (χ1v) is 8.91. The third-order valence-corrected chi connectivity index (χ3v) is 5.80. The van der Waals surface area contributed by atoms with E-state index in [0.717, 1.165) is 31.6 Å². The summed E-state index contributed by atoms with van der Waals surface area (Å²) < 4.78 is 24.7. The lowest BCUT2D eigenvalue weighted by Crippen LogP contribution is -2.22. The van der Waals surface area contributed by atoms with E-state index in [9.17, 15) is 8.42 Å². The van der Waals surface area contributed by atoms with Crippen LogP contribution in [0, 0.1) is 5.92 Å². The molecule has 1 N–H and O–H groups in total. The fourth-order valence-electron chi connectivity index (χ4n) is 2.83. The number of para-hydroxylation sites is 1. The van der Waals surface area contributed by atoms with Crippen molar-refractivity contribution >= 4 is 15.5 Å². The Bertz CT molecular complexity index is 542. The van der Waals surface area contributed by atoms with Crippen LogP contribution in [0.5, 0.6) is 0 Å². The van der Waals surface area contributed by atoms with E-state index < -0.39 is 9.84 Å². The van der Waals surface area contributed by atoms with Crippen molar-refractivity contribution in [3.05, 3.63) is 24.3 Å². The van der Waals surface area contributed by atoms with Gasteiger partial charge in [-0.05, 0) is 37.3 Å². The van der Waals surface area contributed by atoms with Crippen LogP contribution < -0.4 is 4.90 Å². The number of sulfone groups is 1. The predicted molar refractivity (Wildman–Crippen MR) is 80.8 cm³/mol. The molecule has 1 unspecified atom stereocenters. The highest BCUT2D eigenvalue weighted by Crippen LogP contribution is 2.31. The van der Waals surface area contributed by atoms with Crippen LogP contribution in [0.3, 0.4) is 0 Å². The second-order valence-corrected chi connectivity index (χ2v) is 7.48. The number of aliphatic hydroxyl groups is 1. The van der Waals surface area contributed by atoms with E-state index in [0.29, 0.717) is 17.2 Å². The SMILES string of the molecule is CCCS(=O)(=O)c1ccccc1N1CCC(CCO)C1. The van der Waals surface area contributed by atoms with Crippen LogP contribution in [0.2, 0.25) is 0 Å². The molecule has 0 aromatic heterocycles. The van der Waals surface area contributed by atoms with Crippen LogP contribution in [0.4, 0.5) is 5.69 Å². The maximum atomic E-state index is 12.4. The largest absolute Gasteiger partial charge is 0.396 e. The lowest BCUT2D eigenvalue weighted by atomic mass is 10.1. The van der Waals surface area contributed by atoms with Crippen LogP contribution in [0.1, 0.15) is 26.2 Å². The summed E-state index contributed by atoms with van der Waals surface area (Å²) in [6, 6.07) is 7.27. The average molecular weight is 297 g/mol. The highest BCUT2D eigenvalue weighted by molar-refractivity contribution is 7.91. The molecule has 0 radical (unpaired) electrons. The van der Waals surface area contributed by atoms with Crippen molar-refractivity contribution in [2.75, 3.05) is 30.3 Å². The van der Waals surface area contributed by atoms with E-state index in [-0.39, 0.29) is 12.4 Å². The second kappa shape index (κ2) is 6.59. The second-order valence-electron chi connectivity index (χ2n) is 5.40. The van der Waals surface area contributed by atoms with Crippen LogP contribution >= 0.6 is 0 Å². The molecule has 0 saturated carbocycles. The van der Waals surface area contributed by atoms with E-state index in [1.54, 1.807) is 12.1 Å². The Hall–Kier alpha value is -1.07. The Morgan fingerprint density at radius 3 is 2.80 bits per heavy atom. The van der Waals surface area contributed by atoms with E-state index in [1.807, 2.05) is 19.1 Å². The van der Waals surface area contributed by atoms with E-state index in [2.05, 4.69) is 4.90 Å². The van der Waals surface area contributed by atoms with Crippen LogP contribution in [0.15, 0.2) is 29.2 Å². The van der Waals surface area contributed by atoms with Gasteiger partial charge in [0, 0.05) is 19.7 Å². The lowest BCUT2D eigenvalue weighted by molar-refractivity contribution is 0.263. The molecule has 4 nitrogen and oxygen atoms in total. The molecule has 2 rings (SSSR count). The van der Waals surface area contributed by atoms with Gasteiger partial charge in [-0.25, -0.2) is 8.42 Å².